The van der Waals surface area contributed by atoms with Crippen LogP contribution in [-0.2, 0) is 4.79 Å². The maximum absolute atomic E-state index is 13.5. The highest BCUT2D eigenvalue weighted by Crippen LogP contribution is 2.27. The number of benzene rings is 1. The molecular formula is C27H33N3O5. The standard InChI is InChI=1S/C27H33N3O5/c1-6-25(32)29(4)16-24-18(2)15-30(19(3)17-31)27(33)23-13-21(14-28-26(23)35-24)8-7-20-9-11-22(34-5)12-10-20/h9-14,18-19,24,31H,6,15-17H2,1-5H3/t18-,19+,24-/m0/s1. The first-order chi connectivity index (χ1) is 16.8. The Morgan fingerprint density at radius 1 is 1.31 bits per heavy atom. The van der Waals surface area contributed by atoms with Gasteiger partial charge in [-0.1, -0.05) is 25.7 Å². The second-order valence-electron chi connectivity index (χ2n) is 8.81. The average molecular weight is 480 g/mol. The molecule has 1 aromatic heterocycles. The van der Waals surface area contributed by atoms with Gasteiger partial charge in [0.1, 0.15) is 17.4 Å². The molecule has 1 aliphatic rings. The molecule has 35 heavy (non-hydrogen) atoms. The largest absolute Gasteiger partial charge is 0.497 e. The van der Waals surface area contributed by atoms with Crippen LogP contribution in [0.1, 0.15) is 48.7 Å². The van der Waals surface area contributed by atoms with Crippen LogP contribution in [0.2, 0.25) is 0 Å². The number of hydrogen-bond donors (Lipinski definition) is 1. The van der Waals surface area contributed by atoms with Gasteiger partial charge in [0.25, 0.3) is 5.91 Å². The lowest BCUT2D eigenvalue weighted by atomic mass is 9.99. The lowest BCUT2D eigenvalue weighted by Gasteiger charge is -2.37. The lowest BCUT2D eigenvalue weighted by Crippen LogP contribution is -2.50. The molecular weight excluding hydrogens is 446 g/mol. The number of pyridine rings is 1. The number of carbonyl (C=O) groups is 2. The van der Waals surface area contributed by atoms with Crippen LogP contribution in [0, 0.1) is 17.8 Å². The number of aliphatic hydroxyl groups is 1. The van der Waals surface area contributed by atoms with Gasteiger partial charge in [0.2, 0.25) is 11.8 Å². The maximum Gasteiger partial charge on any atom is 0.259 e. The second-order valence-corrected chi connectivity index (χ2v) is 8.81. The lowest BCUT2D eigenvalue weighted by molar-refractivity contribution is -0.131. The van der Waals surface area contributed by atoms with Gasteiger partial charge in [0.15, 0.2) is 0 Å². The molecule has 8 heteroatoms. The van der Waals surface area contributed by atoms with Gasteiger partial charge >= 0.3 is 0 Å². The summed E-state index contributed by atoms with van der Waals surface area (Å²) in [5, 5.41) is 9.79. The van der Waals surface area contributed by atoms with E-state index in [4.69, 9.17) is 9.47 Å². The summed E-state index contributed by atoms with van der Waals surface area (Å²) in [6.45, 7) is 6.16. The van der Waals surface area contributed by atoms with Crippen LogP contribution in [0.4, 0.5) is 0 Å². The van der Waals surface area contributed by atoms with E-state index in [0.717, 1.165) is 11.3 Å². The highest BCUT2D eigenvalue weighted by atomic mass is 16.5. The minimum absolute atomic E-state index is 0.0110. The quantitative estimate of drug-likeness (QED) is 0.641. The highest BCUT2D eigenvalue weighted by molar-refractivity contribution is 5.97. The van der Waals surface area contributed by atoms with Crippen LogP contribution < -0.4 is 9.47 Å². The zero-order valence-corrected chi connectivity index (χ0v) is 20.9. The van der Waals surface area contributed by atoms with Crippen LogP contribution in [0.5, 0.6) is 11.6 Å². The number of likely N-dealkylation sites (N-methyl/N-ethyl adjacent to an activating group) is 1. The van der Waals surface area contributed by atoms with Crippen LogP contribution >= 0.6 is 0 Å². The Hall–Kier alpha value is -3.57. The van der Waals surface area contributed by atoms with E-state index in [1.807, 2.05) is 38.1 Å². The topological polar surface area (TPSA) is 92.2 Å². The zero-order chi connectivity index (χ0) is 25.5. The predicted octanol–water partition coefficient (Wildman–Crippen LogP) is 2.58. The molecule has 0 spiro atoms. The third kappa shape index (κ3) is 6.31. The van der Waals surface area contributed by atoms with Crippen molar-refractivity contribution in [3.63, 3.8) is 0 Å². The summed E-state index contributed by atoms with van der Waals surface area (Å²) in [5.74, 6) is 6.72. The monoisotopic (exact) mass is 479 g/mol. The molecule has 0 saturated carbocycles. The number of hydrogen-bond acceptors (Lipinski definition) is 6. The van der Waals surface area contributed by atoms with Crippen molar-refractivity contribution in [2.75, 3.05) is 33.9 Å². The Kier molecular flexibility index (Phi) is 8.72. The van der Waals surface area contributed by atoms with Crippen molar-refractivity contribution < 1.29 is 24.2 Å². The SMILES string of the molecule is CCC(=O)N(C)C[C@@H]1Oc2ncc(C#Cc3ccc(OC)cc3)cc2C(=O)N([C@H](C)CO)C[C@@H]1C. The summed E-state index contributed by atoms with van der Waals surface area (Å²) >= 11 is 0. The number of carbonyl (C=O) groups excluding carboxylic acids is 2. The number of amides is 2. The molecule has 186 valence electrons. The number of aliphatic hydroxyl groups excluding tert-OH is 1. The van der Waals surface area contributed by atoms with Crippen LogP contribution in [0.15, 0.2) is 36.5 Å². The average Bonchev–Trinajstić information content (AvgIpc) is 2.88. The number of aromatic nitrogens is 1. The van der Waals surface area contributed by atoms with Gasteiger partial charge < -0.3 is 24.4 Å². The van der Waals surface area contributed by atoms with Gasteiger partial charge in [-0.3, -0.25) is 9.59 Å². The van der Waals surface area contributed by atoms with Crippen LogP contribution in [0.25, 0.3) is 0 Å². The van der Waals surface area contributed by atoms with Gasteiger partial charge in [-0.05, 0) is 37.3 Å². The Morgan fingerprint density at radius 3 is 2.63 bits per heavy atom. The van der Waals surface area contributed by atoms with Crippen molar-refractivity contribution in [1.29, 1.82) is 0 Å². The molecule has 8 nitrogen and oxygen atoms in total. The van der Waals surface area contributed by atoms with E-state index in [-0.39, 0.29) is 47.9 Å². The van der Waals surface area contributed by atoms with E-state index >= 15 is 0 Å². The molecule has 1 aromatic carbocycles. The van der Waals surface area contributed by atoms with Crippen LogP contribution in [-0.4, -0.2) is 77.7 Å². The molecule has 1 N–H and O–H groups in total. The second kappa shape index (κ2) is 11.7. The molecule has 0 fully saturated rings. The van der Waals surface area contributed by atoms with Crippen molar-refractivity contribution in [1.82, 2.24) is 14.8 Å². The molecule has 0 radical (unpaired) electrons. The fourth-order valence-electron chi connectivity index (χ4n) is 3.85. The third-order valence-electron chi connectivity index (χ3n) is 6.14. The normalized spacial score (nSPS) is 18.2. The van der Waals surface area contributed by atoms with Crippen molar-refractivity contribution in [3.05, 3.63) is 53.2 Å². The molecule has 3 atom stereocenters. The Labute approximate surface area is 206 Å². The number of rotatable bonds is 6. The van der Waals surface area contributed by atoms with Gasteiger partial charge in [-0.2, -0.15) is 0 Å². The van der Waals surface area contributed by atoms with E-state index in [2.05, 4.69) is 16.8 Å². The van der Waals surface area contributed by atoms with E-state index in [1.165, 1.54) is 0 Å². The van der Waals surface area contributed by atoms with Gasteiger partial charge in [0, 0.05) is 43.3 Å². The number of methoxy groups -OCH3 is 1. The minimum atomic E-state index is -0.388. The molecule has 0 saturated heterocycles. The van der Waals surface area contributed by atoms with Crippen molar-refractivity contribution >= 4 is 11.8 Å². The first-order valence-electron chi connectivity index (χ1n) is 11.8. The molecule has 0 unspecified atom stereocenters. The fourth-order valence-corrected chi connectivity index (χ4v) is 3.85. The number of nitrogens with zero attached hydrogens (tertiary/aromatic N) is 3. The van der Waals surface area contributed by atoms with Crippen LogP contribution in [0.3, 0.4) is 0 Å². The third-order valence-corrected chi connectivity index (χ3v) is 6.14. The summed E-state index contributed by atoms with van der Waals surface area (Å²) in [4.78, 5) is 33.4. The Morgan fingerprint density at radius 2 is 2.00 bits per heavy atom. The Bertz CT molecular complexity index is 1110. The molecule has 2 aromatic rings. The molecule has 0 bridgehead atoms. The smallest absolute Gasteiger partial charge is 0.259 e. The number of fused-ring (bicyclic) bond motifs is 1. The van der Waals surface area contributed by atoms with Crippen molar-refractivity contribution in [2.45, 2.75) is 39.3 Å². The Balaban J connectivity index is 1.97. The molecule has 2 heterocycles. The summed E-state index contributed by atoms with van der Waals surface area (Å²) in [7, 11) is 3.35. The first-order valence-corrected chi connectivity index (χ1v) is 11.8. The fraction of sp³-hybridized carbons (Fsp3) is 0.444. The van der Waals surface area contributed by atoms with Crippen molar-refractivity contribution in [3.8, 4) is 23.5 Å². The maximum atomic E-state index is 13.5. The van der Waals surface area contributed by atoms with Gasteiger partial charge in [-0.25, -0.2) is 4.98 Å². The molecule has 3 rings (SSSR count). The first kappa shape index (κ1) is 26.0. The summed E-state index contributed by atoms with van der Waals surface area (Å²) < 4.78 is 11.4. The predicted molar refractivity (Wildman–Crippen MR) is 132 cm³/mol. The van der Waals surface area contributed by atoms with E-state index in [0.29, 0.717) is 25.1 Å². The molecule has 0 aliphatic carbocycles. The van der Waals surface area contributed by atoms with Gasteiger partial charge in [0.05, 0.1) is 26.3 Å². The summed E-state index contributed by atoms with van der Waals surface area (Å²) in [6.07, 6.45) is 1.60. The zero-order valence-electron chi connectivity index (χ0n) is 20.9. The molecule has 1 aliphatic heterocycles. The van der Waals surface area contributed by atoms with E-state index < -0.39 is 0 Å². The van der Waals surface area contributed by atoms with Gasteiger partial charge in [-0.15, -0.1) is 0 Å². The van der Waals surface area contributed by atoms with Crippen molar-refractivity contribution in [2.24, 2.45) is 5.92 Å². The number of ether oxygens (including phenoxy) is 2. The minimum Gasteiger partial charge on any atom is -0.497 e. The molecule has 2 amide bonds. The van der Waals surface area contributed by atoms with E-state index in [9.17, 15) is 14.7 Å². The highest BCUT2D eigenvalue weighted by Gasteiger charge is 2.34. The van der Waals surface area contributed by atoms with E-state index in [1.54, 1.807) is 43.1 Å². The summed E-state index contributed by atoms with van der Waals surface area (Å²) in [6, 6.07) is 8.65. The summed E-state index contributed by atoms with van der Waals surface area (Å²) in [5.41, 5.74) is 1.65.